The Bertz CT molecular complexity index is 818. The van der Waals surface area contributed by atoms with Crippen molar-refractivity contribution in [2.75, 3.05) is 34.4 Å². The zero-order chi connectivity index (χ0) is 19.2. The van der Waals surface area contributed by atoms with Gasteiger partial charge in [0.2, 0.25) is 10.0 Å². The Morgan fingerprint density at radius 1 is 1.00 bits per heavy atom. The monoisotopic (exact) mass is 376 g/mol. The third-order valence-corrected chi connectivity index (χ3v) is 5.78. The highest BCUT2D eigenvalue weighted by atomic mass is 32.2. The lowest BCUT2D eigenvalue weighted by Crippen LogP contribution is -2.33. The molecule has 0 saturated heterocycles. The number of ether oxygens (including phenoxy) is 1. The first-order valence-electron chi connectivity index (χ1n) is 8.21. The van der Waals surface area contributed by atoms with E-state index in [0.29, 0.717) is 25.3 Å². The number of rotatable bonds is 8. The summed E-state index contributed by atoms with van der Waals surface area (Å²) in [6.07, 6.45) is 0. The van der Waals surface area contributed by atoms with Gasteiger partial charge in [-0.1, -0.05) is 30.3 Å². The third kappa shape index (κ3) is 4.91. The number of benzene rings is 2. The van der Waals surface area contributed by atoms with Crippen LogP contribution in [0.25, 0.3) is 0 Å². The van der Waals surface area contributed by atoms with E-state index in [4.69, 9.17) is 4.74 Å². The predicted octanol–water partition coefficient (Wildman–Crippen LogP) is 2.23. The lowest BCUT2D eigenvalue weighted by Gasteiger charge is -2.23. The van der Waals surface area contributed by atoms with Crippen molar-refractivity contribution in [2.24, 2.45) is 0 Å². The molecular formula is C19H24N2O4S. The molecule has 7 heteroatoms. The van der Waals surface area contributed by atoms with Crippen LogP contribution in [0, 0.1) is 0 Å². The molecule has 1 amide bonds. The van der Waals surface area contributed by atoms with Crippen molar-refractivity contribution in [3.05, 3.63) is 65.7 Å². The number of carbonyl (C=O) groups is 1. The van der Waals surface area contributed by atoms with Crippen molar-refractivity contribution >= 4 is 15.9 Å². The summed E-state index contributed by atoms with van der Waals surface area (Å²) in [5, 5.41) is 0. The van der Waals surface area contributed by atoms with Gasteiger partial charge in [-0.05, 0) is 29.8 Å². The summed E-state index contributed by atoms with van der Waals surface area (Å²) < 4.78 is 30.5. The molecule has 2 aromatic carbocycles. The Morgan fingerprint density at radius 2 is 1.62 bits per heavy atom. The Morgan fingerprint density at radius 3 is 2.15 bits per heavy atom. The van der Waals surface area contributed by atoms with Crippen LogP contribution in [-0.4, -0.2) is 57.9 Å². The molecule has 0 saturated carbocycles. The average molecular weight is 376 g/mol. The first kappa shape index (κ1) is 20.1. The van der Waals surface area contributed by atoms with Gasteiger partial charge in [-0.15, -0.1) is 0 Å². The second-order valence-corrected chi connectivity index (χ2v) is 8.17. The van der Waals surface area contributed by atoms with Gasteiger partial charge in [0.25, 0.3) is 5.91 Å². The minimum absolute atomic E-state index is 0.158. The molecule has 2 rings (SSSR count). The minimum atomic E-state index is -3.51. The van der Waals surface area contributed by atoms with E-state index in [1.807, 2.05) is 30.3 Å². The molecule has 0 unspecified atom stereocenters. The maximum atomic E-state index is 12.9. The quantitative estimate of drug-likeness (QED) is 0.709. The lowest BCUT2D eigenvalue weighted by molar-refractivity contribution is 0.0680. The summed E-state index contributed by atoms with van der Waals surface area (Å²) in [5.74, 6) is -0.167. The van der Waals surface area contributed by atoms with Crippen molar-refractivity contribution in [1.82, 2.24) is 9.21 Å². The molecule has 0 spiro atoms. The van der Waals surface area contributed by atoms with Crippen LogP contribution in [0.4, 0.5) is 0 Å². The predicted molar refractivity (Wildman–Crippen MR) is 100 cm³/mol. The molecule has 0 atom stereocenters. The Kier molecular flexibility index (Phi) is 6.90. The highest BCUT2D eigenvalue weighted by molar-refractivity contribution is 7.89. The Labute approximate surface area is 155 Å². The number of nitrogens with zero attached hydrogens (tertiary/aromatic N) is 2. The van der Waals surface area contributed by atoms with Gasteiger partial charge in [0.15, 0.2) is 0 Å². The van der Waals surface area contributed by atoms with E-state index in [2.05, 4.69) is 0 Å². The SMILES string of the molecule is COCCN(Cc1ccccc1)C(=O)c1ccc(S(=O)(=O)N(C)C)cc1. The molecule has 6 nitrogen and oxygen atoms in total. The van der Waals surface area contributed by atoms with Crippen molar-refractivity contribution in [1.29, 1.82) is 0 Å². The molecule has 0 heterocycles. The van der Waals surface area contributed by atoms with Crippen molar-refractivity contribution in [3.63, 3.8) is 0 Å². The van der Waals surface area contributed by atoms with Crippen LogP contribution < -0.4 is 0 Å². The average Bonchev–Trinajstić information content (AvgIpc) is 2.65. The van der Waals surface area contributed by atoms with Crippen LogP contribution in [0.15, 0.2) is 59.5 Å². The second-order valence-electron chi connectivity index (χ2n) is 6.02. The van der Waals surface area contributed by atoms with E-state index in [9.17, 15) is 13.2 Å². The first-order chi connectivity index (χ1) is 12.4. The van der Waals surface area contributed by atoms with E-state index in [0.717, 1.165) is 9.87 Å². The van der Waals surface area contributed by atoms with Gasteiger partial charge in [-0.3, -0.25) is 4.79 Å². The van der Waals surface area contributed by atoms with Crippen LogP contribution >= 0.6 is 0 Å². The molecule has 0 aliphatic rings. The second kappa shape index (κ2) is 8.93. The van der Waals surface area contributed by atoms with Gasteiger partial charge in [-0.25, -0.2) is 12.7 Å². The number of methoxy groups -OCH3 is 1. The molecule has 0 aromatic heterocycles. The number of sulfonamides is 1. The van der Waals surface area contributed by atoms with E-state index < -0.39 is 10.0 Å². The Hall–Kier alpha value is -2.22. The molecule has 26 heavy (non-hydrogen) atoms. The molecular weight excluding hydrogens is 352 g/mol. The first-order valence-corrected chi connectivity index (χ1v) is 9.65. The Balaban J connectivity index is 2.22. The normalized spacial score (nSPS) is 11.5. The summed E-state index contributed by atoms with van der Waals surface area (Å²) >= 11 is 0. The van der Waals surface area contributed by atoms with Gasteiger partial charge in [0, 0.05) is 39.9 Å². The lowest BCUT2D eigenvalue weighted by atomic mass is 10.1. The summed E-state index contributed by atoms with van der Waals surface area (Å²) in [6, 6.07) is 15.7. The van der Waals surface area contributed by atoms with E-state index in [1.165, 1.54) is 26.2 Å². The fourth-order valence-corrected chi connectivity index (χ4v) is 3.32. The van der Waals surface area contributed by atoms with Crippen LogP contribution in [0.3, 0.4) is 0 Å². The topological polar surface area (TPSA) is 66.9 Å². The number of carbonyl (C=O) groups excluding carboxylic acids is 1. The number of hydrogen-bond acceptors (Lipinski definition) is 4. The molecule has 0 aliphatic carbocycles. The standard InChI is InChI=1S/C19H24N2O4S/c1-20(2)26(23,24)18-11-9-17(10-12-18)19(22)21(13-14-25-3)15-16-7-5-4-6-8-16/h4-12H,13-15H2,1-3H3. The zero-order valence-electron chi connectivity index (χ0n) is 15.3. The zero-order valence-corrected chi connectivity index (χ0v) is 16.1. The molecule has 0 bridgehead atoms. The molecule has 0 fully saturated rings. The molecule has 2 aromatic rings. The van der Waals surface area contributed by atoms with Gasteiger partial charge < -0.3 is 9.64 Å². The number of amides is 1. The molecule has 0 N–H and O–H groups in total. The highest BCUT2D eigenvalue weighted by Crippen LogP contribution is 2.16. The van der Waals surface area contributed by atoms with Crippen LogP contribution in [0.5, 0.6) is 0 Å². The third-order valence-electron chi connectivity index (χ3n) is 3.95. The van der Waals surface area contributed by atoms with Crippen molar-refractivity contribution in [2.45, 2.75) is 11.4 Å². The summed E-state index contributed by atoms with van der Waals surface area (Å²) in [7, 11) is 1.02. The molecule has 0 radical (unpaired) electrons. The van der Waals surface area contributed by atoms with E-state index >= 15 is 0 Å². The highest BCUT2D eigenvalue weighted by Gasteiger charge is 2.20. The number of hydrogen-bond donors (Lipinski definition) is 0. The maximum Gasteiger partial charge on any atom is 0.254 e. The smallest absolute Gasteiger partial charge is 0.254 e. The van der Waals surface area contributed by atoms with Gasteiger partial charge in [-0.2, -0.15) is 0 Å². The maximum absolute atomic E-state index is 12.9. The fourth-order valence-electron chi connectivity index (χ4n) is 2.42. The summed E-state index contributed by atoms with van der Waals surface area (Å²) in [4.78, 5) is 14.7. The van der Waals surface area contributed by atoms with Crippen LogP contribution in [0.2, 0.25) is 0 Å². The molecule has 0 aliphatic heterocycles. The van der Waals surface area contributed by atoms with Gasteiger partial charge >= 0.3 is 0 Å². The van der Waals surface area contributed by atoms with Gasteiger partial charge in [0.05, 0.1) is 11.5 Å². The van der Waals surface area contributed by atoms with Crippen LogP contribution in [-0.2, 0) is 21.3 Å². The molecule has 140 valence electrons. The summed E-state index contributed by atoms with van der Waals surface area (Å²) in [5.41, 5.74) is 1.46. The minimum Gasteiger partial charge on any atom is -0.383 e. The van der Waals surface area contributed by atoms with Crippen molar-refractivity contribution in [3.8, 4) is 0 Å². The van der Waals surface area contributed by atoms with E-state index in [1.54, 1.807) is 24.1 Å². The van der Waals surface area contributed by atoms with Crippen molar-refractivity contribution < 1.29 is 17.9 Å². The summed E-state index contributed by atoms with van der Waals surface area (Å²) in [6.45, 7) is 1.33. The fraction of sp³-hybridized carbons (Fsp3) is 0.316. The largest absolute Gasteiger partial charge is 0.383 e. The van der Waals surface area contributed by atoms with Gasteiger partial charge in [0.1, 0.15) is 0 Å². The van der Waals surface area contributed by atoms with E-state index in [-0.39, 0.29) is 10.8 Å². The van der Waals surface area contributed by atoms with Crippen LogP contribution in [0.1, 0.15) is 15.9 Å².